The summed E-state index contributed by atoms with van der Waals surface area (Å²) in [5, 5.41) is 23.7. The molecule has 69 heavy (non-hydrogen) atoms. The first-order valence-corrected chi connectivity index (χ1v) is 25.5. The summed E-state index contributed by atoms with van der Waals surface area (Å²) in [4.78, 5) is 45.0. The Labute approximate surface area is 404 Å². The summed E-state index contributed by atoms with van der Waals surface area (Å²) in [6, 6.07) is 12.6. The third-order valence-corrected chi connectivity index (χ3v) is 17.6. The minimum absolute atomic E-state index is 0.0570. The van der Waals surface area contributed by atoms with Crippen LogP contribution < -0.4 is 25.4 Å². The Morgan fingerprint density at radius 2 is 1.75 bits per heavy atom. The van der Waals surface area contributed by atoms with E-state index in [-0.39, 0.29) is 17.2 Å². The lowest BCUT2D eigenvalue weighted by atomic mass is 9.63. The minimum Gasteiger partial charge on any atom is -0.477 e. The number of rotatable bonds is 10. The number of likely N-dealkylation sites (tertiary alicyclic amines) is 1. The first kappa shape index (κ1) is 43.9. The molecule has 0 radical (unpaired) electrons. The molecule has 12 rings (SSSR count). The zero-order valence-corrected chi connectivity index (χ0v) is 40.1. The van der Waals surface area contributed by atoms with Crippen molar-refractivity contribution in [3.8, 4) is 35.1 Å². The number of aromatic nitrogens is 6. The number of carbonyl (C=O) groups excluding carboxylic acids is 2. The van der Waals surface area contributed by atoms with E-state index in [1.54, 1.807) is 18.5 Å². The van der Waals surface area contributed by atoms with Crippen molar-refractivity contribution in [1.29, 1.82) is 5.26 Å². The molecule has 3 N–H and O–H groups in total. The fourth-order valence-electron chi connectivity index (χ4n) is 12.4. The van der Waals surface area contributed by atoms with Gasteiger partial charge in [-0.25, -0.2) is 0 Å². The number of nitrogens with two attached hydrogens (primary N) is 1. The zero-order valence-electron chi connectivity index (χ0n) is 39.3. The molecule has 6 aromatic rings. The number of aryl methyl sites for hydroxylation is 3. The molecule has 16 nitrogen and oxygen atoms in total. The number of thiophene rings is 1. The molecule has 6 aliphatic rings. The van der Waals surface area contributed by atoms with Crippen LogP contribution in [0, 0.1) is 29.1 Å². The second-order valence-electron chi connectivity index (χ2n) is 20.8. The van der Waals surface area contributed by atoms with E-state index in [0.29, 0.717) is 64.5 Å². The van der Waals surface area contributed by atoms with Crippen molar-refractivity contribution in [2.24, 2.45) is 17.9 Å². The Kier molecular flexibility index (Phi) is 10.8. The first-order valence-electron chi connectivity index (χ1n) is 24.7. The van der Waals surface area contributed by atoms with Crippen LogP contribution in [-0.2, 0) is 34.9 Å². The van der Waals surface area contributed by atoms with Gasteiger partial charge >= 0.3 is 0 Å². The van der Waals surface area contributed by atoms with Crippen LogP contribution in [0.4, 0.5) is 10.7 Å². The van der Waals surface area contributed by atoms with Gasteiger partial charge in [-0.1, -0.05) is 5.16 Å². The maximum atomic E-state index is 12.7. The van der Waals surface area contributed by atoms with Crippen LogP contribution in [0.5, 0.6) is 17.5 Å². The van der Waals surface area contributed by atoms with Gasteiger partial charge in [-0.05, 0) is 144 Å². The number of benzene rings is 1. The highest BCUT2D eigenvalue weighted by Crippen LogP contribution is 2.55. The summed E-state index contributed by atoms with van der Waals surface area (Å²) in [5.41, 5.74) is 13.4. The lowest BCUT2D eigenvalue weighted by Gasteiger charge is -2.48. The highest BCUT2D eigenvalue weighted by molar-refractivity contribution is 7.16. The number of imide groups is 1. The summed E-state index contributed by atoms with van der Waals surface area (Å²) in [7, 11) is 1.93. The van der Waals surface area contributed by atoms with Crippen LogP contribution in [0.3, 0.4) is 0 Å². The van der Waals surface area contributed by atoms with Gasteiger partial charge in [0, 0.05) is 66.2 Å². The largest absolute Gasteiger partial charge is 0.477 e. The summed E-state index contributed by atoms with van der Waals surface area (Å²) < 4.78 is 21.3. The summed E-state index contributed by atoms with van der Waals surface area (Å²) in [5.74, 6) is 1.70. The van der Waals surface area contributed by atoms with Crippen LogP contribution in [-0.4, -0.2) is 85.9 Å². The van der Waals surface area contributed by atoms with Gasteiger partial charge in [-0.15, -0.1) is 11.3 Å². The fraction of sp³-hybridized carbons (Fsp3) is 0.500. The number of hydrogen-bond donors (Lipinski definition) is 2. The molecule has 2 atom stereocenters. The topological polar surface area (TPSA) is 203 Å². The Hall–Kier alpha value is -6.38. The molecule has 0 bridgehead atoms. The van der Waals surface area contributed by atoms with Crippen LogP contribution in [0.25, 0.3) is 22.4 Å². The van der Waals surface area contributed by atoms with E-state index in [9.17, 15) is 14.9 Å². The molecule has 1 unspecified atom stereocenters. The number of piperidine rings is 3. The van der Waals surface area contributed by atoms with E-state index in [1.165, 1.54) is 47.6 Å². The maximum absolute atomic E-state index is 12.7. The van der Waals surface area contributed by atoms with Crippen LogP contribution in [0.2, 0.25) is 0 Å². The Morgan fingerprint density at radius 3 is 2.52 bits per heavy atom. The van der Waals surface area contributed by atoms with Crippen molar-refractivity contribution < 1.29 is 23.6 Å². The van der Waals surface area contributed by atoms with Crippen LogP contribution in [0.15, 0.2) is 47.2 Å². The highest BCUT2D eigenvalue weighted by atomic mass is 32.1. The molecule has 356 valence electrons. The molecule has 5 aromatic heterocycles. The number of carbonyl (C=O) groups is 2. The monoisotopic (exact) mass is 947 g/mol. The van der Waals surface area contributed by atoms with E-state index < -0.39 is 11.3 Å². The normalized spacial score (nSPS) is 22.9. The van der Waals surface area contributed by atoms with Crippen molar-refractivity contribution in [2.75, 3.05) is 50.0 Å². The Bertz CT molecular complexity index is 3050. The van der Waals surface area contributed by atoms with Crippen molar-refractivity contribution in [2.45, 2.75) is 108 Å². The van der Waals surface area contributed by atoms with Gasteiger partial charge in [0.15, 0.2) is 23.0 Å². The SMILES string of the molecule is Cc1ccncc1Oc1cc(OCC2(CN3CCC4(CC3)CCN(c3ccc5c(C6CCC(=O)NC6=O)nn(C)c5c3)CC4)CC2)nc(-c2noc3c2CCC[C@@]32CCCc3sc(N)c(C#N)c32)n1. The zero-order chi connectivity index (χ0) is 47.1. The lowest BCUT2D eigenvalue weighted by Crippen LogP contribution is -2.48. The van der Waals surface area contributed by atoms with E-state index in [1.807, 2.05) is 24.7 Å². The molecular weight excluding hydrogens is 891 g/mol. The number of anilines is 2. The predicted molar refractivity (Wildman–Crippen MR) is 259 cm³/mol. The predicted octanol–water partition coefficient (Wildman–Crippen LogP) is 8.05. The average molecular weight is 948 g/mol. The van der Waals surface area contributed by atoms with Crippen molar-refractivity contribution in [3.05, 3.63) is 81.3 Å². The van der Waals surface area contributed by atoms with Crippen molar-refractivity contribution in [3.63, 3.8) is 0 Å². The first-order chi connectivity index (χ1) is 33.5. The fourth-order valence-corrected chi connectivity index (χ4v) is 13.5. The maximum Gasteiger partial charge on any atom is 0.235 e. The van der Waals surface area contributed by atoms with Gasteiger partial charge in [0.25, 0.3) is 0 Å². The van der Waals surface area contributed by atoms with Crippen molar-refractivity contribution >= 4 is 44.7 Å². The number of nitrogens with zero attached hydrogens (tertiary/aromatic N) is 9. The van der Waals surface area contributed by atoms with E-state index in [0.717, 1.165) is 123 Å². The second kappa shape index (κ2) is 16.9. The van der Waals surface area contributed by atoms with Gasteiger partial charge in [0.1, 0.15) is 11.1 Å². The quantitative estimate of drug-likeness (QED) is 0.125. The number of fused-ring (bicyclic) bond motifs is 5. The van der Waals surface area contributed by atoms with Crippen LogP contribution >= 0.6 is 11.3 Å². The summed E-state index contributed by atoms with van der Waals surface area (Å²) in [6.45, 7) is 7.71. The number of amides is 2. The lowest BCUT2D eigenvalue weighted by molar-refractivity contribution is -0.134. The van der Waals surface area contributed by atoms with E-state index >= 15 is 0 Å². The van der Waals surface area contributed by atoms with Gasteiger partial charge in [0.2, 0.25) is 23.6 Å². The van der Waals surface area contributed by atoms with Gasteiger partial charge in [-0.3, -0.25) is 24.6 Å². The molecule has 2 amide bonds. The molecule has 1 saturated carbocycles. The third-order valence-electron chi connectivity index (χ3n) is 16.5. The molecule has 4 fully saturated rings. The second-order valence-corrected chi connectivity index (χ2v) is 21.9. The molecule has 3 saturated heterocycles. The molecule has 3 aliphatic carbocycles. The number of nitriles is 1. The molecule has 2 spiro atoms. The molecule has 3 aliphatic heterocycles. The standard InChI is InChI=1S/C52H57N11O5S/c1-31-11-20-55-28-38(31)67-42-26-41(57-48(58-42)45-34-5-3-12-52(46(34)68-60-45)13-4-6-39-43(52)36(27-53)47(54)69-39)66-30-51(14-15-51)29-62-21-16-50(17-22-62)18-23-63(24-19-50)32-7-8-33-37(25-32)61(2)59-44(33)35-9-10-40(64)56-49(35)65/h7-8,11,20,25-26,28,35H,3-6,9-10,12-19,21-24,29-30,54H2,1-2H3,(H,56,64,65)/t35?,52-/m0/s1. The van der Waals surface area contributed by atoms with Crippen LogP contribution in [0.1, 0.15) is 122 Å². The Morgan fingerprint density at radius 1 is 0.971 bits per heavy atom. The molecule has 8 heterocycles. The van der Waals surface area contributed by atoms with Gasteiger partial charge in [0.05, 0.1) is 47.0 Å². The third kappa shape index (κ3) is 7.80. The number of pyridine rings is 1. The number of nitrogen functional groups attached to an aromatic ring is 1. The van der Waals surface area contributed by atoms with Gasteiger partial charge < -0.3 is 29.5 Å². The molecule has 1 aromatic carbocycles. The smallest absolute Gasteiger partial charge is 0.235 e. The molecular formula is C52H57N11O5S. The average Bonchev–Trinajstić information content (AvgIpc) is 3.64. The van der Waals surface area contributed by atoms with E-state index in [2.05, 4.69) is 49.5 Å². The number of hydrogen-bond acceptors (Lipinski definition) is 15. The van der Waals surface area contributed by atoms with Gasteiger partial charge in [-0.2, -0.15) is 20.3 Å². The number of ether oxygens (including phenoxy) is 2. The summed E-state index contributed by atoms with van der Waals surface area (Å²) in [6.07, 6.45) is 16.5. The van der Waals surface area contributed by atoms with E-state index in [4.69, 9.17) is 34.8 Å². The molecule has 17 heteroatoms. The number of nitrogens with one attached hydrogen (secondary N) is 1. The summed E-state index contributed by atoms with van der Waals surface area (Å²) >= 11 is 1.53. The highest BCUT2D eigenvalue weighted by Gasteiger charge is 2.50. The van der Waals surface area contributed by atoms with Crippen molar-refractivity contribution in [1.82, 2.24) is 40.1 Å². The Balaban J connectivity index is 0.718. The minimum atomic E-state index is -0.458.